The summed E-state index contributed by atoms with van der Waals surface area (Å²) in [7, 11) is 3.21. The van der Waals surface area contributed by atoms with Gasteiger partial charge in [0.2, 0.25) is 0 Å². The minimum absolute atomic E-state index is 0.136. The number of nitrogens with zero attached hydrogens (tertiary/aromatic N) is 1. The van der Waals surface area contributed by atoms with Gasteiger partial charge in [0, 0.05) is 24.8 Å². The highest BCUT2D eigenvalue weighted by Crippen LogP contribution is 2.27. The van der Waals surface area contributed by atoms with Gasteiger partial charge in [-0.05, 0) is 42.3 Å². The fourth-order valence-corrected chi connectivity index (χ4v) is 2.96. The van der Waals surface area contributed by atoms with Crippen molar-refractivity contribution in [1.29, 1.82) is 0 Å². The van der Waals surface area contributed by atoms with Crippen LogP contribution in [0, 0.1) is 6.92 Å². The van der Waals surface area contributed by atoms with Gasteiger partial charge < -0.3 is 20.1 Å². The van der Waals surface area contributed by atoms with Gasteiger partial charge in [-0.2, -0.15) is 0 Å². The van der Waals surface area contributed by atoms with Crippen LogP contribution in [0.4, 0.5) is 5.82 Å². The molecule has 2 aromatic carbocycles. The van der Waals surface area contributed by atoms with Gasteiger partial charge >= 0.3 is 0 Å². The number of anilines is 1. The van der Waals surface area contributed by atoms with Gasteiger partial charge in [0.1, 0.15) is 5.82 Å². The molecule has 6 heteroatoms. The van der Waals surface area contributed by atoms with Crippen molar-refractivity contribution in [1.82, 2.24) is 10.3 Å². The number of amides is 1. The third-order valence-electron chi connectivity index (χ3n) is 4.48. The number of aryl methyl sites for hydroxylation is 1. The Kier molecular flexibility index (Phi) is 6.68. The Morgan fingerprint density at radius 1 is 0.931 bits per heavy atom. The van der Waals surface area contributed by atoms with Crippen LogP contribution in [-0.4, -0.2) is 25.1 Å². The van der Waals surface area contributed by atoms with Crippen LogP contribution < -0.4 is 20.1 Å². The summed E-state index contributed by atoms with van der Waals surface area (Å²) in [6, 6.07) is 17.2. The molecule has 0 bridgehead atoms. The molecule has 0 aliphatic carbocycles. The number of carbonyl (C=O) groups excluding carboxylic acids is 1. The lowest BCUT2D eigenvalue weighted by Crippen LogP contribution is -2.23. The van der Waals surface area contributed by atoms with Crippen LogP contribution in [0.15, 0.2) is 60.8 Å². The molecular weight excluding hydrogens is 366 g/mol. The summed E-state index contributed by atoms with van der Waals surface area (Å²) in [4.78, 5) is 16.8. The van der Waals surface area contributed by atoms with E-state index in [0.717, 1.165) is 11.1 Å². The summed E-state index contributed by atoms with van der Waals surface area (Å²) in [5.41, 5.74) is 3.81. The first kappa shape index (κ1) is 20.2. The van der Waals surface area contributed by atoms with Crippen molar-refractivity contribution < 1.29 is 14.3 Å². The van der Waals surface area contributed by atoms with Crippen LogP contribution in [0.3, 0.4) is 0 Å². The second-order valence-electron chi connectivity index (χ2n) is 6.64. The lowest BCUT2D eigenvalue weighted by atomic mass is 10.1. The zero-order valence-corrected chi connectivity index (χ0v) is 16.9. The van der Waals surface area contributed by atoms with Gasteiger partial charge in [-0.25, -0.2) is 4.98 Å². The fourth-order valence-electron chi connectivity index (χ4n) is 2.96. The van der Waals surface area contributed by atoms with Gasteiger partial charge in [-0.15, -0.1) is 0 Å². The topological polar surface area (TPSA) is 72.5 Å². The quantitative estimate of drug-likeness (QED) is 0.608. The lowest BCUT2D eigenvalue weighted by molar-refractivity contribution is 0.0951. The lowest BCUT2D eigenvalue weighted by Gasteiger charge is -2.11. The molecule has 1 aromatic heterocycles. The number of rotatable bonds is 8. The van der Waals surface area contributed by atoms with Gasteiger partial charge in [0.05, 0.1) is 14.2 Å². The zero-order chi connectivity index (χ0) is 20.6. The standard InChI is InChI=1S/C23H25N3O3/c1-16-5-4-6-17(11-16)15-26-23(27)19-9-10-24-22(13-19)25-14-18-7-8-20(28-2)21(12-18)29-3/h4-13H,14-15H2,1-3H3,(H,24,25)(H,26,27). The van der Waals surface area contributed by atoms with E-state index in [1.54, 1.807) is 32.5 Å². The van der Waals surface area contributed by atoms with Crippen LogP contribution in [0.25, 0.3) is 0 Å². The van der Waals surface area contributed by atoms with Crippen molar-refractivity contribution in [3.8, 4) is 11.5 Å². The Bertz CT molecular complexity index is 989. The predicted molar refractivity (Wildman–Crippen MR) is 113 cm³/mol. The molecule has 0 atom stereocenters. The van der Waals surface area contributed by atoms with Crippen LogP contribution >= 0.6 is 0 Å². The van der Waals surface area contributed by atoms with E-state index in [1.807, 2.05) is 43.3 Å². The van der Waals surface area contributed by atoms with Gasteiger partial charge in [0.25, 0.3) is 5.91 Å². The highest BCUT2D eigenvalue weighted by Gasteiger charge is 2.08. The molecule has 0 saturated carbocycles. The van der Waals surface area contributed by atoms with E-state index in [0.29, 0.717) is 36.0 Å². The van der Waals surface area contributed by atoms with Crippen molar-refractivity contribution in [2.45, 2.75) is 20.0 Å². The molecule has 0 radical (unpaired) electrons. The number of aromatic nitrogens is 1. The van der Waals surface area contributed by atoms with Gasteiger partial charge in [-0.3, -0.25) is 4.79 Å². The SMILES string of the molecule is COc1ccc(CNc2cc(C(=O)NCc3cccc(C)c3)ccn2)cc1OC. The number of carbonyl (C=O) groups is 1. The second-order valence-corrected chi connectivity index (χ2v) is 6.64. The van der Waals surface area contributed by atoms with Crippen LogP contribution in [0.2, 0.25) is 0 Å². The molecule has 1 heterocycles. The van der Waals surface area contributed by atoms with Gasteiger partial charge in [-0.1, -0.05) is 35.9 Å². The fraction of sp³-hybridized carbons (Fsp3) is 0.217. The number of nitrogens with one attached hydrogen (secondary N) is 2. The largest absolute Gasteiger partial charge is 0.493 e. The number of hydrogen-bond acceptors (Lipinski definition) is 5. The van der Waals surface area contributed by atoms with Gasteiger partial charge in [0.15, 0.2) is 11.5 Å². The maximum atomic E-state index is 12.5. The third-order valence-corrected chi connectivity index (χ3v) is 4.48. The molecule has 1 amide bonds. The van der Waals surface area contributed by atoms with E-state index in [1.165, 1.54) is 5.56 Å². The normalized spacial score (nSPS) is 10.3. The first-order valence-electron chi connectivity index (χ1n) is 9.33. The Morgan fingerprint density at radius 2 is 1.72 bits per heavy atom. The summed E-state index contributed by atoms with van der Waals surface area (Å²) in [5.74, 6) is 1.84. The van der Waals surface area contributed by atoms with Crippen molar-refractivity contribution in [3.63, 3.8) is 0 Å². The maximum Gasteiger partial charge on any atom is 0.251 e. The Hall–Kier alpha value is -3.54. The predicted octanol–water partition coefficient (Wildman–Crippen LogP) is 3.95. The second kappa shape index (κ2) is 9.59. The molecule has 29 heavy (non-hydrogen) atoms. The molecule has 3 rings (SSSR count). The molecule has 3 aromatic rings. The summed E-state index contributed by atoms with van der Waals surface area (Å²) in [6.07, 6.45) is 1.62. The number of hydrogen-bond donors (Lipinski definition) is 2. The maximum absolute atomic E-state index is 12.5. The van der Waals surface area contributed by atoms with Crippen LogP contribution in [0.5, 0.6) is 11.5 Å². The molecule has 0 spiro atoms. The molecule has 0 unspecified atom stereocenters. The van der Waals surface area contributed by atoms with Crippen LogP contribution in [0.1, 0.15) is 27.0 Å². The number of benzene rings is 2. The monoisotopic (exact) mass is 391 g/mol. The van der Waals surface area contributed by atoms with E-state index >= 15 is 0 Å². The first-order valence-corrected chi connectivity index (χ1v) is 9.33. The first-order chi connectivity index (χ1) is 14.1. The molecular formula is C23H25N3O3. The highest BCUT2D eigenvalue weighted by molar-refractivity contribution is 5.94. The molecule has 2 N–H and O–H groups in total. The number of methoxy groups -OCH3 is 2. The van der Waals surface area contributed by atoms with Crippen molar-refractivity contribution >= 4 is 11.7 Å². The van der Waals surface area contributed by atoms with E-state index in [9.17, 15) is 4.79 Å². The Balaban J connectivity index is 1.61. The summed E-state index contributed by atoms with van der Waals surface area (Å²) in [5, 5.41) is 6.19. The van der Waals surface area contributed by atoms with Crippen molar-refractivity contribution in [2.75, 3.05) is 19.5 Å². The smallest absolute Gasteiger partial charge is 0.251 e. The molecule has 0 fully saturated rings. The van der Waals surface area contributed by atoms with E-state index in [2.05, 4.69) is 21.7 Å². The zero-order valence-electron chi connectivity index (χ0n) is 16.9. The summed E-state index contributed by atoms with van der Waals surface area (Å²) >= 11 is 0. The van der Waals surface area contributed by atoms with E-state index < -0.39 is 0 Å². The summed E-state index contributed by atoms with van der Waals surface area (Å²) < 4.78 is 10.6. The molecule has 0 saturated heterocycles. The van der Waals surface area contributed by atoms with Crippen molar-refractivity contribution in [2.24, 2.45) is 0 Å². The number of pyridine rings is 1. The van der Waals surface area contributed by atoms with Crippen LogP contribution in [-0.2, 0) is 13.1 Å². The minimum Gasteiger partial charge on any atom is -0.493 e. The van der Waals surface area contributed by atoms with E-state index in [4.69, 9.17) is 9.47 Å². The van der Waals surface area contributed by atoms with Crippen molar-refractivity contribution in [3.05, 3.63) is 83.0 Å². The number of ether oxygens (including phenoxy) is 2. The molecule has 6 nitrogen and oxygen atoms in total. The molecule has 150 valence electrons. The third kappa shape index (κ3) is 5.48. The van der Waals surface area contributed by atoms with E-state index in [-0.39, 0.29) is 5.91 Å². The Morgan fingerprint density at radius 3 is 2.48 bits per heavy atom. The molecule has 0 aliphatic heterocycles. The highest BCUT2D eigenvalue weighted by atomic mass is 16.5. The average molecular weight is 391 g/mol. The Labute approximate surface area is 170 Å². The average Bonchev–Trinajstić information content (AvgIpc) is 2.76. The summed E-state index contributed by atoms with van der Waals surface area (Å²) in [6.45, 7) is 3.06. The molecule has 0 aliphatic rings. The minimum atomic E-state index is -0.136.